The first kappa shape index (κ1) is 14.2. The Morgan fingerprint density at radius 2 is 2.21 bits per heavy atom. The molecular weight excluding hydrogens is 256 g/mol. The van der Waals surface area contributed by atoms with Gasteiger partial charge in [-0.3, -0.25) is 0 Å². The van der Waals surface area contributed by atoms with Crippen LogP contribution in [-0.4, -0.2) is 47.6 Å². The average Bonchev–Trinajstić information content (AvgIpc) is 2.49. The molecule has 4 nitrogen and oxygen atoms in total. The first-order chi connectivity index (χ1) is 9.00. The van der Waals surface area contributed by atoms with Gasteiger partial charge in [-0.1, -0.05) is 12.2 Å². The van der Waals surface area contributed by atoms with Gasteiger partial charge in [-0.05, 0) is 45.5 Å². The lowest BCUT2D eigenvalue weighted by Gasteiger charge is -2.31. The second kappa shape index (κ2) is 5.84. The van der Waals surface area contributed by atoms with E-state index in [0.717, 1.165) is 43.0 Å². The van der Waals surface area contributed by atoms with E-state index in [9.17, 15) is 0 Å². The Labute approximate surface area is 120 Å². The van der Waals surface area contributed by atoms with Crippen molar-refractivity contribution in [2.45, 2.75) is 26.3 Å². The Morgan fingerprint density at radius 3 is 2.89 bits per heavy atom. The summed E-state index contributed by atoms with van der Waals surface area (Å²) in [6.45, 7) is 7.42. The second-order valence-electron chi connectivity index (χ2n) is 5.35. The molecule has 19 heavy (non-hydrogen) atoms. The Kier molecular flexibility index (Phi) is 4.37. The summed E-state index contributed by atoms with van der Waals surface area (Å²) in [6, 6.07) is 2.38. The van der Waals surface area contributed by atoms with Gasteiger partial charge in [0.1, 0.15) is 10.8 Å². The van der Waals surface area contributed by atoms with E-state index in [1.165, 1.54) is 0 Å². The van der Waals surface area contributed by atoms with Crippen LogP contribution in [0.4, 0.5) is 5.82 Å². The predicted octanol–water partition coefficient (Wildman–Crippen LogP) is 1.55. The molecular formula is C14H22N4S. The van der Waals surface area contributed by atoms with Crippen LogP contribution in [0.2, 0.25) is 0 Å². The molecule has 0 saturated carbocycles. The zero-order valence-corrected chi connectivity index (χ0v) is 12.7. The molecule has 1 aliphatic heterocycles. The van der Waals surface area contributed by atoms with Gasteiger partial charge in [0.25, 0.3) is 0 Å². The second-order valence-corrected chi connectivity index (χ2v) is 5.79. The van der Waals surface area contributed by atoms with Crippen LogP contribution in [0.1, 0.15) is 24.5 Å². The van der Waals surface area contributed by atoms with Gasteiger partial charge in [0.05, 0.1) is 5.56 Å². The van der Waals surface area contributed by atoms with Crippen molar-refractivity contribution in [2.24, 2.45) is 5.73 Å². The third kappa shape index (κ3) is 3.04. The zero-order chi connectivity index (χ0) is 14.0. The Hall–Kier alpha value is -1.20. The number of aryl methyl sites for hydroxylation is 1. The van der Waals surface area contributed by atoms with Crippen molar-refractivity contribution in [3.05, 3.63) is 23.4 Å². The van der Waals surface area contributed by atoms with Crippen molar-refractivity contribution < 1.29 is 0 Å². The summed E-state index contributed by atoms with van der Waals surface area (Å²) in [5, 5.41) is 0. The molecule has 0 bridgehead atoms. The minimum atomic E-state index is 0.412. The summed E-state index contributed by atoms with van der Waals surface area (Å²) in [5.41, 5.74) is 7.91. The molecule has 2 N–H and O–H groups in total. The topological polar surface area (TPSA) is 45.4 Å². The van der Waals surface area contributed by atoms with E-state index >= 15 is 0 Å². The largest absolute Gasteiger partial charge is 0.389 e. The van der Waals surface area contributed by atoms with E-state index in [0.29, 0.717) is 11.0 Å². The van der Waals surface area contributed by atoms with Gasteiger partial charge in [-0.2, -0.15) is 0 Å². The number of nitrogens with two attached hydrogens (primary N) is 1. The third-order valence-corrected chi connectivity index (χ3v) is 3.91. The Balaban J connectivity index is 2.40. The molecule has 0 aromatic carbocycles. The summed E-state index contributed by atoms with van der Waals surface area (Å²) in [7, 11) is 2.16. The van der Waals surface area contributed by atoms with Crippen molar-refractivity contribution in [1.82, 2.24) is 9.88 Å². The fourth-order valence-electron chi connectivity index (χ4n) is 2.75. The van der Waals surface area contributed by atoms with Gasteiger partial charge in [0, 0.05) is 25.3 Å². The minimum Gasteiger partial charge on any atom is -0.389 e. The van der Waals surface area contributed by atoms with Crippen LogP contribution in [0.3, 0.4) is 0 Å². The molecule has 0 spiro atoms. The average molecular weight is 278 g/mol. The highest BCUT2D eigenvalue weighted by Gasteiger charge is 2.24. The summed E-state index contributed by atoms with van der Waals surface area (Å²) in [4.78, 5) is 9.68. The summed E-state index contributed by atoms with van der Waals surface area (Å²) >= 11 is 5.20. The van der Waals surface area contributed by atoms with Crippen molar-refractivity contribution in [3.8, 4) is 0 Å². The molecule has 1 saturated heterocycles. The lowest BCUT2D eigenvalue weighted by molar-refractivity contribution is 0.337. The van der Waals surface area contributed by atoms with Crippen molar-refractivity contribution in [1.29, 1.82) is 0 Å². The number of rotatable bonds is 2. The lowest BCUT2D eigenvalue weighted by atomic mass is 10.1. The number of pyridine rings is 1. The van der Waals surface area contributed by atoms with Crippen molar-refractivity contribution in [3.63, 3.8) is 0 Å². The molecule has 2 rings (SSSR count). The van der Waals surface area contributed by atoms with Crippen LogP contribution in [0.25, 0.3) is 0 Å². The van der Waals surface area contributed by atoms with Gasteiger partial charge in [0.2, 0.25) is 0 Å². The number of hydrogen-bond donors (Lipinski definition) is 1. The number of nitrogens with zero attached hydrogens (tertiary/aromatic N) is 3. The van der Waals surface area contributed by atoms with E-state index < -0.39 is 0 Å². The summed E-state index contributed by atoms with van der Waals surface area (Å²) < 4.78 is 0. The zero-order valence-electron chi connectivity index (χ0n) is 11.9. The van der Waals surface area contributed by atoms with E-state index in [4.69, 9.17) is 18.0 Å². The standard InChI is InChI=1S/C14H22N4S/c1-10-5-6-16-14(12(10)13(15)19)18-8-4-7-17(3)9-11(18)2/h5-6,11H,4,7-9H2,1-3H3,(H2,15,19). The molecule has 1 aromatic heterocycles. The molecule has 1 unspecified atom stereocenters. The number of likely N-dealkylation sites (N-methyl/N-ethyl adjacent to an activating group) is 1. The van der Waals surface area contributed by atoms with E-state index in [1.54, 1.807) is 0 Å². The molecule has 2 heterocycles. The number of hydrogen-bond acceptors (Lipinski definition) is 4. The number of aromatic nitrogens is 1. The van der Waals surface area contributed by atoms with Gasteiger partial charge in [0.15, 0.2) is 0 Å². The van der Waals surface area contributed by atoms with Gasteiger partial charge in [-0.25, -0.2) is 4.98 Å². The van der Waals surface area contributed by atoms with Crippen molar-refractivity contribution in [2.75, 3.05) is 31.6 Å². The number of thiocarbonyl (C=S) groups is 1. The minimum absolute atomic E-state index is 0.412. The Bertz CT molecular complexity index is 475. The van der Waals surface area contributed by atoms with Gasteiger partial charge < -0.3 is 15.5 Å². The SMILES string of the molecule is Cc1ccnc(N2CCCN(C)CC2C)c1C(N)=S. The van der Waals surface area contributed by atoms with Gasteiger partial charge >= 0.3 is 0 Å². The quantitative estimate of drug-likeness (QED) is 0.832. The Morgan fingerprint density at radius 1 is 1.47 bits per heavy atom. The fraction of sp³-hybridized carbons (Fsp3) is 0.571. The van der Waals surface area contributed by atoms with Crippen LogP contribution in [0.15, 0.2) is 12.3 Å². The van der Waals surface area contributed by atoms with Crippen molar-refractivity contribution >= 4 is 23.0 Å². The smallest absolute Gasteiger partial charge is 0.139 e. The molecule has 0 aliphatic carbocycles. The molecule has 1 aromatic rings. The van der Waals surface area contributed by atoms with E-state index in [2.05, 4.69) is 28.8 Å². The van der Waals surface area contributed by atoms with Crippen LogP contribution < -0.4 is 10.6 Å². The van der Waals surface area contributed by atoms with E-state index in [1.807, 2.05) is 19.2 Å². The monoisotopic (exact) mass is 278 g/mol. The summed E-state index contributed by atoms with van der Waals surface area (Å²) in [6.07, 6.45) is 2.97. The molecule has 1 aliphatic rings. The van der Waals surface area contributed by atoms with E-state index in [-0.39, 0.29) is 0 Å². The third-order valence-electron chi connectivity index (χ3n) is 3.70. The molecule has 1 atom stereocenters. The normalized spacial score (nSPS) is 21.2. The van der Waals surface area contributed by atoms with Crippen LogP contribution >= 0.6 is 12.2 Å². The predicted molar refractivity (Wildman–Crippen MR) is 83.8 cm³/mol. The first-order valence-electron chi connectivity index (χ1n) is 6.71. The maximum Gasteiger partial charge on any atom is 0.139 e. The number of anilines is 1. The molecule has 5 heteroatoms. The molecule has 0 radical (unpaired) electrons. The first-order valence-corrected chi connectivity index (χ1v) is 7.12. The maximum absolute atomic E-state index is 5.89. The highest BCUT2D eigenvalue weighted by Crippen LogP contribution is 2.24. The van der Waals surface area contributed by atoms with Crippen LogP contribution in [0.5, 0.6) is 0 Å². The van der Waals surface area contributed by atoms with Gasteiger partial charge in [-0.15, -0.1) is 0 Å². The molecule has 104 valence electrons. The lowest BCUT2D eigenvalue weighted by Crippen LogP contribution is -2.39. The van der Waals surface area contributed by atoms with Crippen LogP contribution in [0, 0.1) is 6.92 Å². The highest BCUT2D eigenvalue weighted by atomic mass is 32.1. The molecule has 1 fully saturated rings. The summed E-state index contributed by atoms with van der Waals surface area (Å²) in [5.74, 6) is 0.940. The maximum atomic E-state index is 5.89. The molecule has 0 amide bonds. The van der Waals surface area contributed by atoms with Crippen LogP contribution in [-0.2, 0) is 0 Å². The highest BCUT2D eigenvalue weighted by molar-refractivity contribution is 7.80. The fourth-order valence-corrected chi connectivity index (χ4v) is 3.01.